The predicted octanol–water partition coefficient (Wildman–Crippen LogP) is 1.40. The highest BCUT2D eigenvalue weighted by Crippen LogP contribution is 2.21. The minimum absolute atomic E-state index is 0.310. The first-order valence-electron chi connectivity index (χ1n) is 4.28. The lowest BCUT2D eigenvalue weighted by atomic mass is 10.1. The number of aromatic nitrogens is 1. The molecular formula is C9H17N3S. The topological polar surface area (TPSA) is 42.1 Å². The standard InChI is InChI=1S/C9H17N3S/c1-9(2,10)8-11-7(6-13-8)5-12(3)4/h6H,5,10H2,1-4H3. The number of thiazole rings is 1. The molecule has 0 atom stereocenters. The van der Waals surface area contributed by atoms with Gasteiger partial charge in [0.1, 0.15) is 5.01 Å². The molecule has 0 aliphatic heterocycles. The molecule has 0 saturated heterocycles. The van der Waals surface area contributed by atoms with Crippen molar-refractivity contribution < 1.29 is 0 Å². The Labute approximate surface area is 83.6 Å². The largest absolute Gasteiger partial charge is 0.320 e. The lowest BCUT2D eigenvalue weighted by Crippen LogP contribution is -2.28. The fourth-order valence-corrected chi connectivity index (χ4v) is 1.85. The van der Waals surface area contributed by atoms with Gasteiger partial charge < -0.3 is 10.6 Å². The van der Waals surface area contributed by atoms with E-state index in [0.717, 1.165) is 17.2 Å². The average molecular weight is 199 g/mol. The van der Waals surface area contributed by atoms with Crippen LogP contribution >= 0.6 is 11.3 Å². The summed E-state index contributed by atoms with van der Waals surface area (Å²) in [6.45, 7) is 4.84. The van der Waals surface area contributed by atoms with E-state index in [0.29, 0.717) is 0 Å². The molecule has 1 aromatic rings. The van der Waals surface area contributed by atoms with Crippen LogP contribution in [-0.2, 0) is 12.1 Å². The van der Waals surface area contributed by atoms with E-state index < -0.39 is 0 Å². The quantitative estimate of drug-likeness (QED) is 0.800. The van der Waals surface area contributed by atoms with Crippen molar-refractivity contribution in [3.05, 3.63) is 16.1 Å². The summed E-state index contributed by atoms with van der Waals surface area (Å²) in [6.07, 6.45) is 0. The van der Waals surface area contributed by atoms with E-state index in [1.54, 1.807) is 11.3 Å². The number of nitrogens with two attached hydrogens (primary N) is 1. The first-order valence-corrected chi connectivity index (χ1v) is 5.16. The van der Waals surface area contributed by atoms with Gasteiger partial charge in [0.15, 0.2) is 0 Å². The molecule has 0 bridgehead atoms. The van der Waals surface area contributed by atoms with Crippen molar-refractivity contribution in [2.45, 2.75) is 25.9 Å². The third kappa shape index (κ3) is 3.06. The van der Waals surface area contributed by atoms with E-state index in [4.69, 9.17) is 5.73 Å². The van der Waals surface area contributed by atoms with Gasteiger partial charge in [-0.1, -0.05) is 0 Å². The molecule has 0 aliphatic carbocycles. The Bertz CT molecular complexity index is 273. The average Bonchev–Trinajstić information content (AvgIpc) is 2.32. The maximum atomic E-state index is 5.94. The maximum Gasteiger partial charge on any atom is 0.112 e. The van der Waals surface area contributed by atoms with E-state index in [9.17, 15) is 0 Å². The summed E-state index contributed by atoms with van der Waals surface area (Å²) < 4.78 is 0. The summed E-state index contributed by atoms with van der Waals surface area (Å²) >= 11 is 1.64. The van der Waals surface area contributed by atoms with Crippen LogP contribution in [0.2, 0.25) is 0 Å². The van der Waals surface area contributed by atoms with Crippen LogP contribution in [0.3, 0.4) is 0 Å². The maximum absolute atomic E-state index is 5.94. The number of hydrogen-bond donors (Lipinski definition) is 1. The minimum Gasteiger partial charge on any atom is -0.320 e. The van der Waals surface area contributed by atoms with Crippen molar-refractivity contribution in [3.8, 4) is 0 Å². The minimum atomic E-state index is -0.310. The molecule has 0 unspecified atom stereocenters. The molecular weight excluding hydrogens is 182 g/mol. The van der Waals surface area contributed by atoms with E-state index in [1.165, 1.54) is 0 Å². The van der Waals surface area contributed by atoms with Gasteiger partial charge in [0.2, 0.25) is 0 Å². The summed E-state index contributed by atoms with van der Waals surface area (Å²) in [5.41, 5.74) is 6.73. The second kappa shape index (κ2) is 3.74. The van der Waals surface area contributed by atoms with Crippen LogP contribution in [0.5, 0.6) is 0 Å². The van der Waals surface area contributed by atoms with Gasteiger partial charge in [-0.15, -0.1) is 11.3 Å². The van der Waals surface area contributed by atoms with Gasteiger partial charge in [0.05, 0.1) is 11.2 Å². The van der Waals surface area contributed by atoms with Gasteiger partial charge in [-0.2, -0.15) is 0 Å². The molecule has 0 aliphatic rings. The van der Waals surface area contributed by atoms with Crippen molar-refractivity contribution in [1.29, 1.82) is 0 Å². The molecule has 1 rings (SSSR count). The third-order valence-electron chi connectivity index (χ3n) is 1.58. The van der Waals surface area contributed by atoms with E-state index in [2.05, 4.69) is 15.3 Å². The zero-order chi connectivity index (χ0) is 10.1. The van der Waals surface area contributed by atoms with E-state index >= 15 is 0 Å². The molecule has 0 fully saturated rings. The van der Waals surface area contributed by atoms with Crippen LogP contribution in [-0.4, -0.2) is 24.0 Å². The van der Waals surface area contributed by atoms with Gasteiger partial charge in [-0.25, -0.2) is 4.98 Å². The molecule has 13 heavy (non-hydrogen) atoms. The van der Waals surface area contributed by atoms with Crippen LogP contribution in [0.25, 0.3) is 0 Å². The predicted molar refractivity (Wildman–Crippen MR) is 56.7 cm³/mol. The molecule has 4 heteroatoms. The molecule has 0 spiro atoms. The fraction of sp³-hybridized carbons (Fsp3) is 0.667. The lowest BCUT2D eigenvalue weighted by molar-refractivity contribution is 0.396. The first-order chi connectivity index (χ1) is 5.89. The van der Waals surface area contributed by atoms with Crippen LogP contribution in [0.1, 0.15) is 24.5 Å². The zero-order valence-corrected chi connectivity index (χ0v) is 9.48. The zero-order valence-electron chi connectivity index (χ0n) is 8.66. The van der Waals surface area contributed by atoms with Crippen molar-refractivity contribution in [2.24, 2.45) is 5.73 Å². The molecule has 2 N–H and O–H groups in total. The van der Waals surface area contributed by atoms with Gasteiger partial charge >= 0.3 is 0 Å². The fourth-order valence-electron chi connectivity index (χ4n) is 1.000. The molecule has 74 valence electrons. The second-order valence-electron chi connectivity index (χ2n) is 4.10. The summed E-state index contributed by atoms with van der Waals surface area (Å²) in [6, 6.07) is 0. The normalized spacial score (nSPS) is 12.5. The second-order valence-corrected chi connectivity index (χ2v) is 4.96. The van der Waals surface area contributed by atoms with Crippen LogP contribution in [0, 0.1) is 0 Å². The van der Waals surface area contributed by atoms with Crippen LogP contribution in [0.15, 0.2) is 5.38 Å². The Morgan fingerprint density at radius 2 is 2.15 bits per heavy atom. The van der Waals surface area contributed by atoms with Crippen molar-refractivity contribution in [3.63, 3.8) is 0 Å². The molecule has 0 amide bonds. The number of rotatable bonds is 3. The first kappa shape index (κ1) is 10.6. The van der Waals surface area contributed by atoms with Gasteiger partial charge in [-0.3, -0.25) is 0 Å². The van der Waals surface area contributed by atoms with E-state index in [1.807, 2.05) is 27.9 Å². The van der Waals surface area contributed by atoms with Gasteiger partial charge in [0.25, 0.3) is 0 Å². The lowest BCUT2D eigenvalue weighted by Gasteiger charge is -2.14. The molecule has 0 radical (unpaired) electrons. The molecule has 0 aromatic carbocycles. The summed E-state index contributed by atoms with van der Waals surface area (Å²) in [4.78, 5) is 6.57. The number of hydrogen-bond acceptors (Lipinski definition) is 4. The Morgan fingerprint density at radius 3 is 2.54 bits per heavy atom. The molecule has 1 aromatic heterocycles. The smallest absolute Gasteiger partial charge is 0.112 e. The Kier molecular flexibility index (Phi) is 3.05. The third-order valence-corrected chi connectivity index (χ3v) is 2.81. The van der Waals surface area contributed by atoms with E-state index in [-0.39, 0.29) is 5.54 Å². The van der Waals surface area contributed by atoms with Crippen molar-refractivity contribution >= 4 is 11.3 Å². The summed E-state index contributed by atoms with van der Waals surface area (Å²) in [7, 11) is 4.07. The van der Waals surface area contributed by atoms with Crippen LogP contribution < -0.4 is 5.73 Å². The Hall–Kier alpha value is -0.450. The molecule has 0 saturated carbocycles. The van der Waals surface area contributed by atoms with Gasteiger partial charge in [0, 0.05) is 11.9 Å². The highest BCUT2D eigenvalue weighted by Gasteiger charge is 2.18. The number of nitrogens with zero attached hydrogens (tertiary/aromatic N) is 2. The van der Waals surface area contributed by atoms with Crippen LogP contribution in [0.4, 0.5) is 0 Å². The highest BCUT2D eigenvalue weighted by atomic mass is 32.1. The Balaban J connectivity index is 2.75. The SMILES string of the molecule is CN(C)Cc1csc(C(C)(C)N)n1. The van der Waals surface area contributed by atoms with Crippen molar-refractivity contribution in [2.75, 3.05) is 14.1 Å². The molecule has 3 nitrogen and oxygen atoms in total. The van der Waals surface area contributed by atoms with Gasteiger partial charge in [-0.05, 0) is 27.9 Å². The molecule has 1 heterocycles. The monoisotopic (exact) mass is 199 g/mol. The summed E-state index contributed by atoms with van der Waals surface area (Å²) in [5.74, 6) is 0. The highest BCUT2D eigenvalue weighted by molar-refractivity contribution is 7.09. The Morgan fingerprint density at radius 1 is 1.54 bits per heavy atom. The van der Waals surface area contributed by atoms with Crippen molar-refractivity contribution in [1.82, 2.24) is 9.88 Å². The summed E-state index contributed by atoms with van der Waals surface area (Å²) in [5, 5.41) is 3.08.